The molecule has 0 saturated heterocycles. The monoisotopic (exact) mass is 472 g/mol. The number of pyridine rings is 2. The number of aliphatic hydroxyl groups is 1. The van der Waals surface area contributed by atoms with Gasteiger partial charge in [-0.1, -0.05) is 54.6 Å². The fraction of sp³-hybridized carbons (Fsp3) is 0.241. The third-order valence-corrected chi connectivity index (χ3v) is 7.85. The fourth-order valence-corrected chi connectivity index (χ4v) is 5.86. The average molecular weight is 473 g/mol. The Labute approximate surface area is 207 Å². The molecule has 2 saturated carbocycles. The van der Waals surface area contributed by atoms with Crippen molar-refractivity contribution in [3.63, 3.8) is 0 Å². The zero-order valence-corrected chi connectivity index (χ0v) is 19.6. The predicted molar refractivity (Wildman–Crippen MR) is 137 cm³/mol. The van der Waals surface area contributed by atoms with Gasteiger partial charge in [-0.15, -0.1) is 10.2 Å². The van der Waals surface area contributed by atoms with Crippen molar-refractivity contribution in [2.45, 2.75) is 36.8 Å². The molecule has 0 atom stereocenters. The number of hydrogen-bond acceptors (Lipinski definition) is 6. The van der Waals surface area contributed by atoms with Crippen molar-refractivity contribution in [2.24, 2.45) is 11.7 Å². The van der Waals surface area contributed by atoms with Crippen LogP contribution in [-0.4, -0.2) is 30.3 Å². The van der Waals surface area contributed by atoms with E-state index in [9.17, 15) is 10.4 Å². The highest BCUT2D eigenvalue weighted by Crippen LogP contribution is 2.57. The number of hydrogen-bond donors (Lipinski definition) is 2. The van der Waals surface area contributed by atoms with Gasteiger partial charge in [0.2, 0.25) is 5.82 Å². The van der Waals surface area contributed by atoms with Crippen LogP contribution in [0.15, 0.2) is 72.8 Å². The summed E-state index contributed by atoms with van der Waals surface area (Å²) in [5.74, 6) is 0.649. The van der Waals surface area contributed by atoms with E-state index in [1.54, 1.807) is 4.40 Å². The molecular weight excluding hydrogens is 448 g/mol. The van der Waals surface area contributed by atoms with Crippen LogP contribution in [0.4, 0.5) is 0 Å². The molecule has 0 radical (unpaired) electrons. The van der Waals surface area contributed by atoms with E-state index in [0.29, 0.717) is 24.4 Å². The third kappa shape index (κ3) is 3.15. The minimum atomic E-state index is -0.594. The largest absolute Gasteiger partial charge is 0.389 e. The van der Waals surface area contributed by atoms with Gasteiger partial charge in [0.1, 0.15) is 6.07 Å². The molecule has 3 N–H and O–H groups in total. The summed E-state index contributed by atoms with van der Waals surface area (Å²) >= 11 is 0. The number of rotatable bonds is 4. The topological polar surface area (TPSA) is 113 Å². The van der Waals surface area contributed by atoms with Gasteiger partial charge in [-0.2, -0.15) is 5.26 Å². The van der Waals surface area contributed by atoms with Gasteiger partial charge in [-0.25, -0.2) is 4.98 Å². The van der Waals surface area contributed by atoms with Crippen molar-refractivity contribution in [2.75, 3.05) is 0 Å². The summed E-state index contributed by atoms with van der Waals surface area (Å²) in [6.07, 6.45) is 3.45. The minimum absolute atomic E-state index is 0.230. The van der Waals surface area contributed by atoms with Crippen LogP contribution in [0.2, 0.25) is 0 Å². The molecule has 5 aromatic rings. The first-order valence-corrected chi connectivity index (χ1v) is 12.2. The molecule has 2 aliphatic rings. The maximum atomic E-state index is 10.8. The maximum absolute atomic E-state index is 10.8. The summed E-state index contributed by atoms with van der Waals surface area (Å²) < 4.78 is 1.75. The Morgan fingerprint density at radius 1 is 0.944 bits per heavy atom. The van der Waals surface area contributed by atoms with E-state index < -0.39 is 11.1 Å². The lowest BCUT2D eigenvalue weighted by molar-refractivity contribution is -0.106. The Morgan fingerprint density at radius 3 is 2.39 bits per heavy atom. The second kappa shape index (κ2) is 7.44. The molecule has 0 spiro atoms. The summed E-state index contributed by atoms with van der Waals surface area (Å²) in [6.45, 7) is 0. The molecule has 2 fully saturated rings. The summed E-state index contributed by atoms with van der Waals surface area (Å²) in [5, 5.41) is 28.5. The normalized spacial score (nSPS) is 23.5. The maximum Gasteiger partial charge on any atom is 0.239 e. The number of nitriles is 1. The van der Waals surface area contributed by atoms with Crippen LogP contribution in [0.5, 0.6) is 0 Å². The van der Waals surface area contributed by atoms with Gasteiger partial charge < -0.3 is 10.8 Å². The molecule has 2 aliphatic carbocycles. The molecule has 0 amide bonds. The highest BCUT2D eigenvalue weighted by atomic mass is 16.3. The molecule has 3 aromatic heterocycles. The van der Waals surface area contributed by atoms with E-state index in [2.05, 4.69) is 58.7 Å². The first-order valence-electron chi connectivity index (χ1n) is 12.2. The second-order valence-corrected chi connectivity index (χ2v) is 10.3. The molecule has 7 nitrogen and oxygen atoms in total. The van der Waals surface area contributed by atoms with Crippen molar-refractivity contribution in [1.29, 1.82) is 5.26 Å². The van der Waals surface area contributed by atoms with Crippen molar-refractivity contribution < 1.29 is 5.11 Å². The first-order chi connectivity index (χ1) is 17.5. The van der Waals surface area contributed by atoms with E-state index in [-0.39, 0.29) is 5.82 Å². The number of nitrogens with two attached hydrogens (primary N) is 1. The molecule has 7 rings (SSSR count). The molecule has 36 heavy (non-hydrogen) atoms. The van der Waals surface area contributed by atoms with E-state index in [1.807, 2.05) is 30.3 Å². The van der Waals surface area contributed by atoms with Gasteiger partial charge >= 0.3 is 0 Å². The smallest absolute Gasteiger partial charge is 0.239 e. The van der Waals surface area contributed by atoms with Crippen molar-refractivity contribution in [3.05, 3.63) is 84.2 Å². The lowest BCUT2D eigenvalue weighted by Crippen LogP contribution is -2.60. The molecule has 2 aromatic carbocycles. The molecule has 0 aliphatic heterocycles. The van der Waals surface area contributed by atoms with Gasteiger partial charge in [-0.05, 0) is 60.9 Å². The van der Waals surface area contributed by atoms with Crippen LogP contribution in [0.3, 0.4) is 0 Å². The SMILES string of the molecule is N#Cc1nnc2ccc3nc(-c4ccc([C@]5(N)C[C@](O)(C6CC6)C5)cc4)c(-c4ccccc4)cc3n12. The summed E-state index contributed by atoms with van der Waals surface area (Å²) in [5.41, 5.74) is 12.6. The molecule has 0 bridgehead atoms. The molecule has 0 unspecified atom stereocenters. The molecular formula is C29H24N6O. The van der Waals surface area contributed by atoms with E-state index in [1.165, 1.54) is 0 Å². The quantitative estimate of drug-likeness (QED) is 0.396. The van der Waals surface area contributed by atoms with Gasteiger partial charge in [0, 0.05) is 16.7 Å². The lowest BCUT2D eigenvalue weighted by Gasteiger charge is -2.52. The van der Waals surface area contributed by atoms with E-state index in [0.717, 1.165) is 51.8 Å². The second-order valence-electron chi connectivity index (χ2n) is 10.3. The van der Waals surface area contributed by atoms with Crippen molar-refractivity contribution >= 4 is 16.7 Å². The average Bonchev–Trinajstić information content (AvgIpc) is 3.67. The minimum Gasteiger partial charge on any atom is -0.389 e. The van der Waals surface area contributed by atoms with E-state index >= 15 is 0 Å². The van der Waals surface area contributed by atoms with Crippen molar-refractivity contribution in [1.82, 2.24) is 19.6 Å². The zero-order valence-electron chi connectivity index (χ0n) is 19.6. The van der Waals surface area contributed by atoms with Gasteiger partial charge in [0.25, 0.3) is 0 Å². The van der Waals surface area contributed by atoms with Gasteiger partial charge in [0.05, 0.1) is 22.3 Å². The number of benzene rings is 2. The molecule has 7 heteroatoms. The molecule has 176 valence electrons. The van der Waals surface area contributed by atoms with Gasteiger partial charge in [0.15, 0.2) is 5.65 Å². The first kappa shape index (κ1) is 21.2. The highest BCUT2D eigenvalue weighted by Gasteiger charge is 2.58. The Hall–Kier alpha value is -4.12. The summed E-state index contributed by atoms with van der Waals surface area (Å²) in [4.78, 5) is 5.05. The summed E-state index contributed by atoms with van der Waals surface area (Å²) in [6, 6.07) is 26.3. The van der Waals surface area contributed by atoms with Crippen LogP contribution in [0.1, 0.15) is 37.1 Å². The van der Waals surface area contributed by atoms with Crippen molar-refractivity contribution in [3.8, 4) is 28.5 Å². The Balaban J connectivity index is 1.35. The van der Waals surface area contributed by atoms with Gasteiger partial charge in [-0.3, -0.25) is 4.40 Å². The number of fused-ring (bicyclic) bond motifs is 3. The predicted octanol–water partition coefficient (Wildman–Crippen LogP) is 4.57. The standard InChI is InChI=1S/C29H24N6O/c30-15-26-34-33-25-13-12-23-24(35(25)26)14-22(18-4-2-1-3-5-18)27(32-23)19-6-8-20(9-7-19)28(31)16-29(36,17-28)21-10-11-21/h1-9,12-14,21,36H,10-11,16-17,31H2/t28-,29+. The molecule has 3 heterocycles. The van der Waals surface area contributed by atoms with E-state index in [4.69, 9.17) is 10.7 Å². The highest BCUT2D eigenvalue weighted by molar-refractivity contribution is 5.91. The third-order valence-electron chi connectivity index (χ3n) is 7.85. The Bertz CT molecular complexity index is 1670. The zero-order chi connectivity index (χ0) is 24.5. The Kier molecular flexibility index (Phi) is 4.38. The van der Waals surface area contributed by atoms with Crippen LogP contribution < -0.4 is 5.73 Å². The lowest BCUT2D eigenvalue weighted by atomic mass is 9.60. The van der Waals surface area contributed by atoms with Crippen LogP contribution >= 0.6 is 0 Å². The fourth-order valence-electron chi connectivity index (χ4n) is 5.86. The Morgan fingerprint density at radius 2 is 1.69 bits per heavy atom. The van der Waals surface area contributed by atoms with Crippen LogP contribution in [-0.2, 0) is 5.54 Å². The van der Waals surface area contributed by atoms with Crippen LogP contribution in [0.25, 0.3) is 39.1 Å². The summed E-state index contributed by atoms with van der Waals surface area (Å²) in [7, 11) is 0. The number of aromatic nitrogens is 4. The number of nitrogens with zero attached hydrogens (tertiary/aromatic N) is 5. The van der Waals surface area contributed by atoms with Crippen LogP contribution in [0, 0.1) is 17.2 Å².